The highest BCUT2D eigenvalue weighted by molar-refractivity contribution is 5.78. The largest absolute Gasteiger partial charge is 0.372 e. The number of hydrogen-bond donors (Lipinski definition) is 0. The smallest absolute Gasteiger partial charge is 0.225 e. The molecule has 176 valence electrons. The summed E-state index contributed by atoms with van der Waals surface area (Å²) in [5.41, 5.74) is -0.00704. The van der Waals surface area contributed by atoms with Crippen molar-refractivity contribution in [3.05, 3.63) is 0 Å². The summed E-state index contributed by atoms with van der Waals surface area (Å²) in [5.74, 6) is 1.49. The highest BCUT2D eigenvalue weighted by Gasteiger charge is 2.41. The zero-order valence-corrected chi connectivity index (χ0v) is 20.6. The van der Waals surface area contributed by atoms with Crippen molar-refractivity contribution in [2.24, 2.45) is 11.8 Å². The fourth-order valence-electron chi connectivity index (χ4n) is 5.43. The lowest BCUT2D eigenvalue weighted by atomic mass is 9.87. The summed E-state index contributed by atoms with van der Waals surface area (Å²) >= 11 is 0. The summed E-state index contributed by atoms with van der Waals surface area (Å²) in [4.78, 5) is 17.8. The van der Waals surface area contributed by atoms with Gasteiger partial charge in [0.15, 0.2) is 0 Å². The maximum Gasteiger partial charge on any atom is 0.225 e. The third-order valence-corrected chi connectivity index (χ3v) is 7.51. The number of amides is 1. The molecule has 0 aromatic carbocycles. The van der Waals surface area contributed by atoms with Crippen molar-refractivity contribution in [1.82, 2.24) is 9.80 Å². The molecule has 0 N–H and O–H groups in total. The summed E-state index contributed by atoms with van der Waals surface area (Å²) in [5, 5.41) is 0. The lowest BCUT2D eigenvalue weighted by molar-refractivity contribution is -0.153. The molecule has 2 rings (SSSR count). The number of unbranched alkanes of at least 4 members (excludes halogenated alkanes) is 3. The van der Waals surface area contributed by atoms with E-state index in [0.717, 1.165) is 64.4 Å². The fourth-order valence-corrected chi connectivity index (χ4v) is 5.43. The zero-order valence-electron chi connectivity index (χ0n) is 20.6. The van der Waals surface area contributed by atoms with Gasteiger partial charge in [0.2, 0.25) is 5.91 Å². The Kier molecular flexibility index (Phi) is 11.7. The van der Waals surface area contributed by atoms with E-state index in [1.165, 1.54) is 57.9 Å². The van der Waals surface area contributed by atoms with Crippen molar-refractivity contribution in [3.63, 3.8) is 0 Å². The third kappa shape index (κ3) is 8.15. The average molecular weight is 423 g/mol. The molecule has 1 amide bonds. The number of likely N-dealkylation sites (tertiary alicyclic amines) is 1. The first-order chi connectivity index (χ1) is 14.5. The molecule has 2 aliphatic rings. The van der Waals surface area contributed by atoms with Gasteiger partial charge < -0.3 is 9.64 Å². The second kappa shape index (κ2) is 13.7. The number of ether oxygens (including phenoxy) is 1. The Morgan fingerprint density at radius 2 is 1.70 bits per heavy atom. The van der Waals surface area contributed by atoms with Crippen molar-refractivity contribution in [2.45, 2.75) is 110 Å². The van der Waals surface area contributed by atoms with Gasteiger partial charge in [0, 0.05) is 32.1 Å². The monoisotopic (exact) mass is 422 g/mol. The van der Waals surface area contributed by atoms with E-state index in [1.54, 1.807) is 0 Å². The predicted molar refractivity (Wildman–Crippen MR) is 127 cm³/mol. The number of rotatable bonds is 13. The molecule has 0 aromatic rings. The first-order valence-electron chi connectivity index (χ1n) is 13.2. The summed E-state index contributed by atoms with van der Waals surface area (Å²) in [6, 6.07) is 0. The van der Waals surface area contributed by atoms with Gasteiger partial charge in [0.05, 0.1) is 12.2 Å². The zero-order chi connectivity index (χ0) is 21.8. The minimum Gasteiger partial charge on any atom is -0.372 e. The Labute approximate surface area is 187 Å². The molecular formula is C26H50N2O2. The van der Waals surface area contributed by atoms with Crippen LogP contribution in [0.5, 0.6) is 0 Å². The van der Waals surface area contributed by atoms with Gasteiger partial charge >= 0.3 is 0 Å². The number of carbonyl (C=O) groups excluding carboxylic acids is 1. The maximum absolute atomic E-state index is 13.1. The summed E-state index contributed by atoms with van der Waals surface area (Å²) < 4.78 is 6.33. The lowest BCUT2D eigenvalue weighted by Crippen LogP contribution is -2.58. The molecule has 0 aromatic heterocycles. The molecule has 2 atom stereocenters. The number of carbonyl (C=O) groups is 1. The van der Waals surface area contributed by atoms with Crippen LogP contribution in [0.4, 0.5) is 0 Å². The van der Waals surface area contributed by atoms with E-state index in [1.807, 2.05) is 0 Å². The van der Waals surface area contributed by atoms with Crippen molar-refractivity contribution in [1.29, 1.82) is 0 Å². The van der Waals surface area contributed by atoms with Crippen LogP contribution in [-0.4, -0.2) is 60.6 Å². The van der Waals surface area contributed by atoms with Gasteiger partial charge in [-0.15, -0.1) is 0 Å². The molecule has 30 heavy (non-hydrogen) atoms. The number of morpholine rings is 1. The molecule has 0 saturated carbocycles. The van der Waals surface area contributed by atoms with E-state index < -0.39 is 0 Å². The van der Waals surface area contributed by atoms with Crippen molar-refractivity contribution in [3.8, 4) is 0 Å². The van der Waals surface area contributed by atoms with Crippen LogP contribution < -0.4 is 0 Å². The molecule has 2 heterocycles. The molecule has 2 fully saturated rings. The lowest BCUT2D eigenvalue weighted by Gasteiger charge is -2.47. The van der Waals surface area contributed by atoms with Crippen LogP contribution in [0.15, 0.2) is 0 Å². The standard InChI is InChI=1S/C26H50N2O2/c1-5-8-9-10-14-24(7-3)25(29)28-18-15-26(16-19-28)22-27(20-21-30-26)17-11-13-23(4)12-6-2/h23-24H,5-22H2,1-4H3. The normalized spacial score (nSPS) is 21.7. The van der Waals surface area contributed by atoms with Gasteiger partial charge in [-0.2, -0.15) is 0 Å². The van der Waals surface area contributed by atoms with Crippen LogP contribution in [0.3, 0.4) is 0 Å². The van der Waals surface area contributed by atoms with Crippen LogP contribution in [0, 0.1) is 11.8 Å². The van der Waals surface area contributed by atoms with E-state index >= 15 is 0 Å². The Bertz CT molecular complexity index is 474. The van der Waals surface area contributed by atoms with Crippen LogP contribution >= 0.6 is 0 Å². The first-order valence-corrected chi connectivity index (χ1v) is 13.2. The van der Waals surface area contributed by atoms with Gasteiger partial charge in [0.1, 0.15) is 0 Å². The maximum atomic E-state index is 13.1. The predicted octanol–water partition coefficient (Wildman–Crippen LogP) is 5.89. The molecule has 2 saturated heterocycles. The first kappa shape index (κ1) is 25.6. The molecule has 4 heteroatoms. The Morgan fingerprint density at radius 1 is 0.933 bits per heavy atom. The average Bonchev–Trinajstić information content (AvgIpc) is 2.74. The Morgan fingerprint density at radius 3 is 2.37 bits per heavy atom. The molecule has 0 aliphatic carbocycles. The topological polar surface area (TPSA) is 32.8 Å². The summed E-state index contributed by atoms with van der Waals surface area (Å²) in [7, 11) is 0. The second-order valence-electron chi connectivity index (χ2n) is 10.1. The van der Waals surface area contributed by atoms with Crippen molar-refractivity contribution in [2.75, 3.05) is 39.3 Å². The van der Waals surface area contributed by atoms with Gasteiger partial charge in [0.25, 0.3) is 0 Å². The van der Waals surface area contributed by atoms with Gasteiger partial charge in [-0.05, 0) is 51.0 Å². The molecule has 1 spiro atoms. The van der Waals surface area contributed by atoms with Crippen LogP contribution in [0.2, 0.25) is 0 Å². The van der Waals surface area contributed by atoms with Gasteiger partial charge in [-0.3, -0.25) is 9.69 Å². The number of hydrogen-bond acceptors (Lipinski definition) is 3. The minimum atomic E-state index is -0.00704. The fraction of sp³-hybridized carbons (Fsp3) is 0.962. The molecule has 2 unspecified atom stereocenters. The van der Waals surface area contributed by atoms with Gasteiger partial charge in [-0.1, -0.05) is 66.2 Å². The number of nitrogens with zero attached hydrogens (tertiary/aromatic N) is 2. The van der Waals surface area contributed by atoms with E-state index in [4.69, 9.17) is 4.74 Å². The van der Waals surface area contributed by atoms with E-state index in [0.29, 0.717) is 5.91 Å². The third-order valence-electron chi connectivity index (χ3n) is 7.51. The quantitative estimate of drug-likeness (QED) is 0.347. The van der Waals surface area contributed by atoms with E-state index in [2.05, 4.69) is 37.5 Å². The van der Waals surface area contributed by atoms with Crippen LogP contribution in [0.25, 0.3) is 0 Å². The highest BCUT2D eigenvalue weighted by Crippen LogP contribution is 2.31. The highest BCUT2D eigenvalue weighted by atomic mass is 16.5. The minimum absolute atomic E-state index is 0.00704. The molecule has 4 nitrogen and oxygen atoms in total. The van der Waals surface area contributed by atoms with Crippen molar-refractivity contribution < 1.29 is 9.53 Å². The molecule has 0 radical (unpaired) electrons. The Balaban J connectivity index is 1.75. The molecule has 2 aliphatic heterocycles. The SMILES string of the molecule is CCCCCCC(CC)C(=O)N1CCC2(CC1)CN(CCCC(C)CCC)CCO2. The number of piperidine rings is 1. The second-order valence-corrected chi connectivity index (χ2v) is 10.1. The molecule has 0 bridgehead atoms. The van der Waals surface area contributed by atoms with Crippen molar-refractivity contribution >= 4 is 5.91 Å². The van der Waals surface area contributed by atoms with Gasteiger partial charge in [-0.25, -0.2) is 0 Å². The van der Waals surface area contributed by atoms with Crippen LogP contribution in [-0.2, 0) is 9.53 Å². The van der Waals surface area contributed by atoms with E-state index in [-0.39, 0.29) is 11.5 Å². The summed E-state index contributed by atoms with van der Waals surface area (Å²) in [6.45, 7) is 15.1. The summed E-state index contributed by atoms with van der Waals surface area (Å²) in [6.07, 6.45) is 14.4. The Hall–Kier alpha value is -0.610. The van der Waals surface area contributed by atoms with Crippen LogP contribution in [0.1, 0.15) is 105 Å². The molecular weight excluding hydrogens is 372 g/mol. The van der Waals surface area contributed by atoms with E-state index in [9.17, 15) is 4.79 Å².